The molecule has 0 saturated carbocycles. The predicted octanol–water partition coefficient (Wildman–Crippen LogP) is 4.35. The Morgan fingerprint density at radius 2 is 1.77 bits per heavy atom. The van der Waals surface area contributed by atoms with Crippen molar-refractivity contribution in [1.29, 1.82) is 0 Å². The highest BCUT2D eigenvalue weighted by molar-refractivity contribution is 5.89. The lowest BCUT2D eigenvalue weighted by atomic mass is 10.1. The summed E-state index contributed by atoms with van der Waals surface area (Å²) in [6, 6.07) is 6.17. The maximum Gasteiger partial charge on any atom is 0.513 e. The summed E-state index contributed by atoms with van der Waals surface area (Å²) in [6.07, 6.45) is 4.60. The average Bonchev–Trinajstić information content (AvgIpc) is 2.52. The number of esters is 1. The van der Waals surface area contributed by atoms with Gasteiger partial charge in [0.2, 0.25) is 0 Å². The van der Waals surface area contributed by atoms with Gasteiger partial charge in [-0.15, -0.1) is 0 Å². The first kappa shape index (κ1) is 18.0. The molecule has 0 aliphatic carbocycles. The third-order valence-corrected chi connectivity index (χ3v) is 3.23. The van der Waals surface area contributed by atoms with Crippen LogP contribution >= 0.6 is 0 Å². The van der Waals surface area contributed by atoms with E-state index < -0.39 is 6.16 Å². The number of hydrogen-bond donors (Lipinski definition) is 0. The standard InChI is InChI=1S/C17H24O5/c1-4-5-6-7-8-13(2)21-16(18)14-9-11-15(12-10-14)22-17(19)20-3/h9-13H,4-8H2,1-3H3/t13-/m1/s1. The third kappa shape index (κ3) is 6.61. The van der Waals surface area contributed by atoms with Crippen molar-refractivity contribution in [2.75, 3.05) is 7.11 Å². The van der Waals surface area contributed by atoms with Crippen molar-refractivity contribution in [3.05, 3.63) is 29.8 Å². The Hall–Kier alpha value is -2.04. The zero-order valence-corrected chi connectivity index (χ0v) is 13.5. The SMILES string of the molecule is CCCCCC[C@@H](C)OC(=O)c1ccc(OC(=O)OC)cc1. The molecule has 0 saturated heterocycles. The molecule has 0 aromatic heterocycles. The number of ether oxygens (including phenoxy) is 3. The first-order chi connectivity index (χ1) is 10.6. The summed E-state index contributed by atoms with van der Waals surface area (Å²) in [4.78, 5) is 22.9. The molecular weight excluding hydrogens is 284 g/mol. The summed E-state index contributed by atoms with van der Waals surface area (Å²) >= 11 is 0. The highest BCUT2D eigenvalue weighted by atomic mass is 16.7. The molecule has 0 aliphatic rings. The highest BCUT2D eigenvalue weighted by Crippen LogP contribution is 2.15. The Balaban J connectivity index is 2.43. The molecule has 5 nitrogen and oxygen atoms in total. The number of carbonyl (C=O) groups is 2. The van der Waals surface area contributed by atoms with Gasteiger partial charge in [-0.25, -0.2) is 9.59 Å². The largest absolute Gasteiger partial charge is 0.513 e. The quantitative estimate of drug-likeness (QED) is 0.406. The van der Waals surface area contributed by atoms with Gasteiger partial charge >= 0.3 is 12.1 Å². The fourth-order valence-corrected chi connectivity index (χ4v) is 1.97. The van der Waals surface area contributed by atoms with Crippen LogP contribution in [-0.2, 0) is 9.47 Å². The van der Waals surface area contributed by atoms with Crippen LogP contribution in [0.1, 0.15) is 56.3 Å². The maximum absolute atomic E-state index is 12.0. The Morgan fingerprint density at radius 1 is 1.09 bits per heavy atom. The molecule has 0 radical (unpaired) electrons. The van der Waals surface area contributed by atoms with Crippen molar-refractivity contribution in [3.8, 4) is 5.75 Å². The molecular formula is C17H24O5. The van der Waals surface area contributed by atoms with E-state index in [0.29, 0.717) is 11.3 Å². The van der Waals surface area contributed by atoms with Gasteiger partial charge in [0.15, 0.2) is 0 Å². The highest BCUT2D eigenvalue weighted by Gasteiger charge is 2.12. The van der Waals surface area contributed by atoms with Crippen LogP contribution in [-0.4, -0.2) is 25.3 Å². The molecule has 122 valence electrons. The molecule has 1 atom stereocenters. The van der Waals surface area contributed by atoms with Crippen LogP contribution in [0.4, 0.5) is 4.79 Å². The van der Waals surface area contributed by atoms with E-state index in [0.717, 1.165) is 19.3 Å². The van der Waals surface area contributed by atoms with Gasteiger partial charge in [-0.2, -0.15) is 0 Å². The number of methoxy groups -OCH3 is 1. The summed E-state index contributed by atoms with van der Waals surface area (Å²) in [6.45, 7) is 4.07. The molecule has 5 heteroatoms. The second kappa shape index (κ2) is 9.82. The van der Waals surface area contributed by atoms with Crippen LogP contribution < -0.4 is 4.74 Å². The minimum absolute atomic E-state index is 0.102. The van der Waals surface area contributed by atoms with Gasteiger partial charge in [0.05, 0.1) is 18.8 Å². The minimum atomic E-state index is -0.795. The number of benzene rings is 1. The summed E-state index contributed by atoms with van der Waals surface area (Å²) in [7, 11) is 1.23. The molecule has 1 aromatic rings. The van der Waals surface area contributed by atoms with E-state index in [9.17, 15) is 9.59 Å². The van der Waals surface area contributed by atoms with Crippen LogP contribution in [0.25, 0.3) is 0 Å². The van der Waals surface area contributed by atoms with Gasteiger partial charge < -0.3 is 14.2 Å². The van der Waals surface area contributed by atoms with E-state index in [1.54, 1.807) is 12.1 Å². The summed E-state index contributed by atoms with van der Waals surface area (Å²) < 4.78 is 14.6. The van der Waals surface area contributed by atoms with E-state index in [2.05, 4.69) is 11.7 Å². The lowest BCUT2D eigenvalue weighted by molar-refractivity contribution is 0.0319. The first-order valence-electron chi connectivity index (χ1n) is 7.63. The number of carbonyl (C=O) groups excluding carboxylic acids is 2. The fraction of sp³-hybridized carbons (Fsp3) is 0.529. The van der Waals surface area contributed by atoms with Gasteiger partial charge in [-0.05, 0) is 44.0 Å². The van der Waals surface area contributed by atoms with Crippen molar-refractivity contribution in [3.63, 3.8) is 0 Å². The van der Waals surface area contributed by atoms with E-state index >= 15 is 0 Å². The molecule has 0 aliphatic heterocycles. The topological polar surface area (TPSA) is 61.8 Å². The van der Waals surface area contributed by atoms with Crippen molar-refractivity contribution in [2.24, 2.45) is 0 Å². The fourth-order valence-electron chi connectivity index (χ4n) is 1.97. The molecule has 1 aromatic carbocycles. The molecule has 0 unspecified atom stereocenters. The number of rotatable bonds is 8. The Labute approximate surface area is 131 Å². The molecule has 0 heterocycles. The van der Waals surface area contributed by atoms with Gasteiger partial charge in [-0.1, -0.05) is 26.2 Å². The minimum Gasteiger partial charge on any atom is -0.459 e. The Bertz CT molecular complexity index is 466. The Morgan fingerprint density at radius 3 is 2.36 bits per heavy atom. The summed E-state index contributed by atoms with van der Waals surface area (Å²) in [5.41, 5.74) is 0.428. The summed E-state index contributed by atoms with van der Waals surface area (Å²) in [5.74, 6) is -0.0522. The van der Waals surface area contributed by atoms with E-state index in [-0.39, 0.29) is 12.1 Å². The third-order valence-electron chi connectivity index (χ3n) is 3.23. The van der Waals surface area contributed by atoms with E-state index in [1.165, 1.54) is 32.1 Å². The molecule has 1 rings (SSSR count). The van der Waals surface area contributed by atoms with Crippen LogP contribution in [0.2, 0.25) is 0 Å². The lowest BCUT2D eigenvalue weighted by Gasteiger charge is -2.13. The number of unbranched alkanes of at least 4 members (excludes halogenated alkanes) is 3. The van der Waals surface area contributed by atoms with E-state index in [1.807, 2.05) is 6.92 Å². The molecule has 0 bridgehead atoms. The second-order valence-electron chi connectivity index (χ2n) is 5.15. The normalized spacial score (nSPS) is 11.6. The molecule has 0 spiro atoms. The number of hydrogen-bond acceptors (Lipinski definition) is 5. The average molecular weight is 308 g/mol. The second-order valence-corrected chi connectivity index (χ2v) is 5.15. The maximum atomic E-state index is 12.0. The van der Waals surface area contributed by atoms with Crippen LogP contribution in [0.5, 0.6) is 5.75 Å². The van der Waals surface area contributed by atoms with Crippen molar-refractivity contribution in [2.45, 2.75) is 52.1 Å². The van der Waals surface area contributed by atoms with Gasteiger partial charge in [0.1, 0.15) is 5.75 Å². The predicted molar refractivity (Wildman–Crippen MR) is 83.1 cm³/mol. The smallest absolute Gasteiger partial charge is 0.459 e. The zero-order valence-electron chi connectivity index (χ0n) is 13.5. The summed E-state index contributed by atoms with van der Waals surface area (Å²) in [5, 5.41) is 0. The first-order valence-corrected chi connectivity index (χ1v) is 7.63. The lowest BCUT2D eigenvalue weighted by Crippen LogP contribution is -2.15. The van der Waals surface area contributed by atoms with Crippen molar-refractivity contribution in [1.82, 2.24) is 0 Å². The van der Waals surface area contributed by atoms with Crippen LogP contribution in [0.15, 0.2) is 24.3 Å². The zero-order chi connectivity index (χ0) is 16.4. The molecule has 0 fully saturated rings. The molecule has 0 N–H and O–H groups in total. The van der Waals surface area contributed by atoms with Gasteiger partial charge in [0.25, 0.3) is 0 Å². The van der Waals surface area contributed by atoms with E-state index in [4.69, 9.17) is 9.47 Å². The monoisotopic (exact) mass is 308 g/mol. The van der Waals surface area contributed by atoms with Crippen molar-refractivity contribution >= 4 is 12.1 Å². The molecule has 22 heavy (non-hydrogen) atoms. The molecule has 0 amide bonds. The Kier molecular flexibility index (Phi) is 8.04. The van der Waals surface area contributed by atoms with Gasteiger partial charge in [-0.3, -0.25) is 0 Å². The van der Waals surface area contributed by atoms with Crippen molar-refractivity contribution < 1.29 is 23.8 Å². The van der Waals surface area contributed by atoms with Crippen LogP contribution in [0.3, 0.4) is 0 Å². The van der Waals surface area contributed by atoms with Gasteiger partial charge in [0, 0.05) is 0 Å². The van der Waals surface area contributed by atoms with Crippen LogP contribution in [0, 0.1) is 0 Å².